The van der Waals surface area contributed by atoms with Crippen LogP contribution in [0.4, 0.5) is 0 Å². The SMILES string of the molecule is CCCCCCCCC=CCCCCCCCCC(O)(CO)C(O)(CCCCCCCCC=CCCCCCCCC)CCCCCCCCCCCCCCCCCC. The summed E-state index contributed by atoms with van der Waals surface area (Å²) >= 11 is 0. The van der Waals surface area contributed by atoms with E-state index in [0.717, 1.165) is 38.5 Å². The Balaban J connectivity index is 4.52. The summed E-state index contributed by atoms with van der Waals surface area (Å²) in [5, 5.41) is 34.6. The Morgan fingerprint density at radius 1 is 0.250 bits per heavy atom. The topological polar surface area (TPSA) is 60.7 Å². The molecule has 0 aliphatic heterocycles. The molecule has 0 spiro atoms. The van der Waals surface area contributed by atoms with E-state index in [4.69, 9.17) is 0 Å². The number of aliphatic hydroxyl groups is 3. The quantitative estimate of drug-likeness (QED) is 0.0422. The fraction of sp³-hybridized carbons (Fsp3) is 0.930. The van der Waals surface area contributed by atoms with E-state index in [9.17, 15) is 15.3 Å². The summed E-state index contributed by atoms with van der Waals surface area (Å²) in [5.41, 5.74) is -2.59. The van der Waals surface area contributed by atoms with Crippen LogP contribution in [0.2, 0.25) is 0 Å². The lowest BCUT2D eigenvalue weighted by Gasteiger charge is -2.43. The maximum absolute atomic E-state index is 12.2. The molecule has 2 unspecified atom stereocenters. The molecule has 60 heavy (non-hydrogen) atoms. The second-order valence-electron chi connectivity index (χ2n) is 19.7. The van der Waals surface area contributed by atoms with Gasteiger partial charge in [-0.15, -0.1) is 0 Å². The lowest BCUT2D eigenvalue weighted by atomic mass is 9.73. The lowest BCUT2D eigenvalue weighted by molar-refractivity contribution is -0.185. The fourth-order valence-corrected chi connectivity index (χ4v) is 9.34. The Morgan fingerprint density at radius 3 is 0.650 bits per heavy atom. The highest BCUT2D eigenvalue weighted by Gasteiger charge is 2.47. The first kappa shape index (κ1) is 59.4. The van der Waals surface area contributed by atoms with Gasteiger partial charge in [-0.05, 0) is 70.6 Å². The van der Waals surface area contributed by atoms with Crippen molar-refractivity contribution in [2.24, 2.45) is 0 Å². The fourth-order valence-electron chi connectivity index (χ4n) is 9.34. The van der Waals surface area contributed by atoms with E-state index in [0.29, 0.717) is 19.3 Å². The van der Waals surface area contributed by atoms with E-state index in [2.05, 4.69) is 45.1 Å². The summed E-state index contributed by atoms with van der Waals surface area (Å²) in [7, 11) is 0. The molecule has 0 bridgehead atoms. The Labute approximate surface area is 378 Å². The van der Waals surface area contributed by atoms with Gasteiger partial charge in [0.1, 0.15) is 5.60 Å². The van der Waals surface area contributed by atoms with Crippen LogP contribution in [0.15, 0.2) is 24.3 Å². The summed E-state index contributed by atoms with van der Waals surface area (Å²) in [6.07, 6.45) is 67.9. The van der Waals surface area contributed by atoms with Crippen LogP contribution >= 0.6 is 0 Å². The van der Waals surface area contributed by atoms with Crippen LogP contribution in [0.3, 0.4) is 0 Å². The maximum atomic E-state index is 12.2. The van der Waals surface area contributed by atoms with Crippen molar-refractivity contribution in [2.75, 3.05) is 6.61 Å². The van der Waals surface area contributed by atoms with Crippen LogP contribution in [0.25, 0.3) is 0 Å². The van der Waals surface area contributed by atoms with Crippen LogP contribution in [-0.2, 0) is 0 Å². The Kier molecular flexibility index (Phi) is 47.3. The smallest absolute Gasteiger partial charge is 0.116 e. The highest BCUT2D eigenvalue weighted by molar-refractivity contribution is 4.99. The first-order valence-electron chi connectivity index (χ1n) is 27.8. The molecule has 0 aromatic heterocycles. The molecule has 0 radical (unpaired) electrons. The molecule has 358 valence electrons. The van der Waals surface area contributed by atoms with Crippen molar-refractivity contribution in [3.8, 4) is 0 Å². The van der Waals surface area contributed by atoms with E-state index in [1.54, 1.807) is 0 Å². The molecule has 0 amide bonds. The van der Waals surface area contributed by atoms with Gasteiger partial charge in [-0.3, -0.25) is 0 Å². The minimum Gasteiger partial charge on any atom is -0.393 e. The number of rotatable bonds is 51. The second-order valence-corrected chi connectivity index (χ2v) is 19.7. The number of allylic oxidation sites excluding steroid dienone is 4. The predicted octanol–water partition coefficient (Wildman–Crippen LogP) is 18.9. The van der Waals surface area contributed by atoms with Gasteiger partial charge in [-0.1, -0.05) is 276 Å². The predicted molar refractivity (Wildman–Crippen MR) is 269 cm³/mol. The van der Waals surface area contributed by atoms with Gasteiger partial charge in [-0.25, -0.2) is 0 Å². The summed E-state index contributed by atoms with van der Waals surface area (Å²) in [5.74, 6) is 0. The molecular weight excluding hydrogens is 733 g/mol. The minimum atomic E-state index is -1.40. The van der Waals surface area contributed by atoms with Crippen molar-refractivity contribution in [1.82, 2.24) is 0 Å². The van der Waals surface area contributed by atoms with Gasteiger partial charge < -0.3 is 15.3 Å². The molecule has 0 aliphatic carbocycles. The molecule has 0 heterocycles. The minimum absolute atomic E-state index is 0.334. The zero-order valence-electron chi connectivity index (χ0n) is 41.6. The molecule has 2 atom stereocenters. The van der Waals surface area contributed by atoms with Crippen molar-refractivity contribution >= 4 is 0 Å². The van der Waals surface area contributed by atoms with Crippen LogP contribution in [0.1, 0.15) is 323 Å². The van der Waals surface area contributed by atoms with Crippen molar-refractivity contribution in [3.63, 3.8) is 0 Å². The largest absolute Gasteiger partial charge is 0.393 e. The van der Waals surface area contributed by atoms with Crippen LogP contribution in [0.5, 0.6) is 0 Å². The van der Waals surface area contributed by atoms with Crippen LogP contribution < -0.4 is 0 Å². The molecular formula is C57H112O3. The van der Waals surface area contributed by atoms with Gasteiger partial charge in [-0.2, -0.15) is 0 Å². The molecule has 0 aromatic rings. The third kappa shape index (κ3) is 39.0. The maximum Gasteiger partial charge on any atom is 0.116 e. The van der Waals surface area contributed by atoms with E-state index >= 15 is 0 Å². The third-order valence-electron chi connectivity index (χ3n) is 13.8. The van der Waals surface area contributed by atoms with Gasteiger partial charge in [0.25, 0.3) is 0 Å². The Bertz CT molecular complexity index is 867. The van der Waals surface area contributed by atoms with Gasteiger partial charge in [0.15, 0.2) is 0 Å². The molecule has 0 rings (SSSR count). The third-order valence-corrected chi connectivity index (χ3v) is 13.8. The molecule has 0 saturated heterocycles. The van der Waals surface area contributed by atoms with Crippen LogP contribution in [0, 0.1) is 0 Å². The zero-order valence-corrected chi connectivity index (χ0v) is 41.6. The normalized spacial score (nSPS) is 14.2. The molecule has 3 N–H and O–H groups in total. The molecule has 0 fully saturated rings. The van der Waals surface area contributed by atoms with Gasteiger partial charge in [0.05, 0.1) is 12.2 Å². The van der Waals surface area contributed by atoms with E-state index in [-0.39, 0.29) is 6.61 Å². The first-order chi connectivity index (χ1) is 29.5. The van der Waals surface area contributed by atoms with Crippen molar-refractivity contribution in [3.05, 3.63) is 24.3 Å². The Morgan fingerprint density at radius 2 is 0.433 bits per heavy atom. The van der Waals surface area contributed by atoms with Crippen molar-refractivity contribution < 1.29 is 15.3 Å². The Hall–Kier alpha value is -0.640. The number of hydrogen-bond donors (Lipinski definition) is 3. The number of aliphatic hydroxyl groups excluding tert-OH is 1. The average Bonchev–Trinajstić information content (AvgIpc) is 3.25. The molecule has 0 saturated carbocycles. The van der Waals surface area contributed by atoms with E-state index in [1.807, 2.05) is 0 Å². The standard InChI is InChI=1S/C57H112O3/c1-4-7-10-13-16-19-22-25-28-31-34-37-40-43-46-49-52-56(59,53-50-47-44-41-38-35-32-29-26-23-20-17-14-11-8-5-2)57(60,55-58)54-51-48-45-42-39-36-33-30-27-24-21-18-15-12-9-6-3/h25,27-28,30,58-60H,4-24,26,29,31-55H2,1-3H3. The summed E-state index contributed by atoms with van der Waals surface area (Å²) in [6.45, 7) is 6.53. The van der Waals surface area contributed by atoms with E-state index in [1.165, 1.54) is 244 Å². The van der Waals surface area contributed by atoms with E-state index < -0.39 is 11.2 Å². The molecule has 3 heteroatoms. The molecule has 0 aliphatic rings. The van der Waals surface area contributed by atoms with Crippen molar-refractivity contribution in [1.29, 1.82) is 0 Å². The van der Waals surface area contributed by atoms with Crippen LogP contribution in [-0.4, -0.2) is 33.1 Å². The average molecular weight is 846 g/mol. The first-order valence-corrected chi connectivity index (χ1v) is 27.8. The molecule has 3 nitrogen and oxygen atoms in total. The zero-order chi connectivity index (χ0) is 43.8. The van der Waals surface area contributed by atoms with Gasteiger partial charge in [0, 0.05) is 0 Å². The number of hydrogen-bond acceptors (Lipinski definition) is 3. The summed E-state index contributed by atoms with van der Waals surface area (Å²) < 4.78 is 0. The lowest BCUT2D eigenvalue weighted by Crippen LogP contribution is -2.56. The summed E-state index contributed by atoms with van der Waals surface area (Å²) in [4.78, 5) is 0. The van der Waals surface area contributed by atoms with Gasteiger partial charge in [0.2, 0.25) is 0 Å². The monoisotopic (exact) mass is 845 g/mol. The highest BCUT2D eigenvalue weighted by atomic mass is 16.4. The second kappa shape index (κ2) is 47.8. The summed E-state index contributed by atoms with van der Waals surface area (Å²) in [6, 6.07) is 0. The molecule has 0 aromatic carbocycles. The van der Waals surface area contributed by atoms with Gasteiger partial charge >= 0.3 is 0 Å². The number of unbranched alkanes of at least 4 members (excludes halogenated alkanes) is 39. The highest BCUT2D eigenvalue weighted by Crippen LogP contribution is 2.37. The van der Waals surface area contributed by atoms with Crippen molar-refractivity contribution in [2.45, 2.75) is 334 Å².